The Morgan fingerprint density at radius 1 is 1.12 bits per heavy atom. The van der Waals surface area contributed by atoms with Gasteiger partial charge in [-0.15, -0.1) is 27.8 Å². The summed E-state index contributed by atoms with van der Waals surface area (Å²) in [6.07, 6.45) is 5.03. The molecule has 3 heterocycles. The van der Waals surface area contributed by atoms with E-state index in [2.05, 4.69) is 49.2 Å². The van der Waals surface area contributed by atoms with Crippen molar-refractivity contribution in [2.75, 3.05) is 0 Å². The maximum absolute atomic E-state index is 5.82. The van der Waals surface area contributed by atoms with Gasteiger partial charge in [0.05, 0.1) is 11.5 Å². The maximum atomic E-state index is 5.82. The standard InChI is InChI=1S/C18H20N4S3/c23-18-21(12-20(13-5-6-13)11-15-3-1-9-24-15)19-17(16-4-2-10-25-16)22(18)14-7-8-14/h1-4,9-10,13-14H,5-8,11-12H2. The van der Waals surface area contributed by atoms with Crippen LogP contribution in [-0.2, 0) is 13.2 Å². The van der Waals surface area contributed by atoms with Crippen molar-refractivity contribution >= 4 is 34.9 Å². The van der Waals surface area contributed by atoms with E-state index in [0.717, 1.165) is 23.8 Å². The van der Waals surface area contributed by atoms with Gasteiger partial charge in [0.15, 0.2) is 10.6 Å². The van der Waals surface area contributed by atoms with E-state index in [-0.39, 0.29) is 0 Å². The lowest BCUT2D eigenvalue weighted by atomic mass is 10.4. The Hall–Kier alpha value is -1.28. The largest absolute Gasteiger partial charge is 0.296 e. The van der Waals surface area contributed by atoms with Gasteiger partial charge in [-0.1, -0.05) is 12.1 Å². The highest BCUT2D eigenvalue weighted by molar-refractivity contribution is 7.71. The average Bonchev–Trinajstić information content (AvgIpc) is 3.49. The molecule has 5 rings (SSSR count). The van der Waals surface area contributed by atoms with Crippen molar-refractivity contribution in [3.8, 4) is 10.7 Å². The van der Waals surface area contributed by atoms with Gasteiger partial charge >= 0.3 is 0 Å². The van der Waals surface area contributed by atoms with Crippen LogP contribution in [0.15, 0.2) is 35.0 Å². The second-order valence-electron chi connectivity index (χ2n) is 6.88. The third-order valence-electron chi connectivity index (χ3n) is 4.84. The molecule has 2 fully saturated rings. The summed E-state index contributed by atoms with van der Waals surface area (Å²) >= 11 is 9.40. The molecule has 4 nitrogen and oxygen atoms in total. The molecule has 7 heteroatoms. The summed E-state index contributed by atoms with van der Waals surface area (Å²) < 4.78 is 5.22. The van der Waals surface area contributed by atoms with Gasteiger partial charge in [0.25, 0.3) is 0 Å². The highest BCUT2D eigenvalue weighted by Crippen LogP contribution is 2.39. The maximum Gasteiger partial charge on any atom is 0.199 e. The van der Waals surface area contributed by atoms with Gasteiger partial charge in [0.2, 0.25) is 0 Å². The molecule has 3 aromatic heterocycles. The average molecular weight is 389 g/mol. The number of thiophene rings is 2. The molecule has 3 aromatic rings. The quantitative estimate of drug-likeness (QED) is 0.523. The van der Waals surface area contributed by atoms with E-state index < -0.39 is 0 Å². The van der Waals surface area contributed by atoms with E-state index in [4.69, 9.17) is 17.3 Å². The van der Waals surface area contributed by atoms with Crippen LogP contribution in [0, 0.1) is 4.77 Å². The summed E-state index contributed by atoms with van der Waals surface area (Å²) in [7, 11) is 0. The lowest BCUT2D eigenvalue weighted by Gasteiger charge is -2.20. The lowest BCUT2D eigenvalue weighted by molar-refractivity contribution is 0.188. The van der Waals surface area contributed by atoms with Gasteiger partial charge in [-0.25, -0.2) is 4.68 Å². The molecule has 0 aliphatic heterocycles. The summed E-state index contributed by atoms with van der Waals surface area (Å²) in [5.74, 6) is 1.05. The summed E-state index contributed by atoms with van der Waals surface area (Å²) in [4.78, 5) is 5.16. The van der Waals surface area contributed by atoms with Crippen LogP contribution < -0.4 is 0 Å². The van der Waals surface area contributed by atoms with E-state index in [1.165, 1.54) is 35.4 Å². The SMILES string of the molecule is S=c1n(CN(Cc2cccs2)C2CC2)nc(-c2cccs2)n1C1CC1. The number of nitrogens with zero attached hydrogens (tertiary/aromatic N) is 4. The molecular formula is C18H20N4S3. The molecule has 0 radical (unpaired) electrons. The Balaban J connectivity index is 1.47. The molecule has 0 aromatic carbocycles. The monoisotopic (exact) mass is 388 g/mol. The van der Waals surface area contributed by atoms with E-state index in [9.17, 15) is 0 Å². The van der Waals surface area contributed by atoms with E-state index in [0.29, 0.717) is 12.1 Å². The van der Waals surface area contributed by atoms with Gasteiger partial charge in [0, 0.05) is 23.5 Å². The van der Waals surface area contributed by atoms with Gasteiger partial charge < -0.3 is 0 Å². The van der Waals surface area contributed by atoms with E-state index in [1.54, 1.807) is 11.3 Å². The molecule has 0 amide bonds. The Morgan fingerprint density at radius 3 is 2.56 bits per heavy atom. The molecule has 25 heavy (non-hydrogen) atoms. The Kier molecular flexibility index (Phi) is 4.12. The van der Waals surface area contributed by atoms with Crippen LogP contribution in [0.2, 0.25) is 0 Å². The molecular weight excluding hydrogens is 368 g/mol. The molecule has 0 spiro atoms. The fourth-order valence-electron chi connectivity index (χ4n) is 3.26. The first-order valence-corrected chi connectivity index (χ1v) is 11.0. The zero-order chi connectivity index (χ0) is 16.8. The van der Waals surface area contributed by atoms with Crippen LogP contribution in [0.1, 0.15) is 36.6 Å². The highest BCUT2D eigenvalue weighted by atomic mass is 32.1. The van der Waals surface area contributed by atoms with Crippen molar-refractivity contribution in [3.05, 3.63) is 44.7 Å². The van der Waals surface area contributed by atoms with Crippen LogP contribution in [0.3, 0.4) is 0 Å². The molecule has 0 saturated heterocycles. The zero-order valence-electron chi connectivity index (χ0n) is 13.9. The molecule has 2 aliphatic rings. The van der Waals surface area contributed by atoms with Crippen molar-refractivity contribution in [1.82, 2.24) is 19.2 Å². The smallest absolute Gasteiger partial charge is 0.199 e. The van der Waals surface area contributed by atoms with Crippen LogP contribution >= 0.6 is 34.9 Å². The summed E-state index contributed by atoms with van der Waals surface area (Å²) in [6, 6.07) is 9.82. The number of rotatable bonds is 7. The van der Waals surface area contributed by atoms with Crippen LogP contribution in [0.5, 0.6) is 0 Å². The van der Waals surface area contributed by atoms with E-state index in [1.807, 2.05) is 11.3 Å². The van der Waals surface area contributed by atoms with Crippen LogP contribution in [-0.4, -0.2) is 25.3 Å². The fraction of sp³-hybridized carbons (Fsp3) is 0.444. The van der Waals surface area contributed by atoms with Crippen molar-refractivity contribution in [3.63, 3.8) is 0 Å². The van der Waals surface area contributed by atoms with Crippen molar-refractivity contribution in [1.29, 1.82) is 0 Å². The minimum Gasteiger partial charge on any atom is -0.296 e. The first kappa shape index (κ1) is 15.9. The zero-order valence-corrected chi connectivity index (χ0v) is 16.3. The Labute approximate surface area is 160 Å². The van der Waals surface area contributed by atoms with Crippen LogP contribution in [0.4, 0.5) is 0 Å². The molecule has 0 unspecified atom stereocenters. The molecule has 0 atom stereocenters. The van der Waals surface area contributed by atoms with Crippen LogP contribution in [0.25, 0.3) is 10.7 Å². The van der Waals surface area contributed by atoms with Gasteiger partial charge in [-0.2, -0.15) is 0 Å². The van der Waals surface area contributed by atoms with Crippen molar-refractivity contribution in [2.24, 2.45) is 0 Å². The molecule has 0 N–H and O–H groups in total. The predicted molar refractivity (Wildman–Crippen MR) is 106 cm³/mol. The van der Waals surface area contributed by atoms with Gasteiger partial charge in [0.1, 0.15) is 0 Å². The molecule has 2 aliphatic carbocycles. The fourth-order valence-corrected chi connectivity index (χ4v) is 5.03. The molecule has 130 valence electrons. The van der Waals surface area contributed by atoms with Crippen molar-refractivity contribution < 1.29 is 0 Å². The van der Waals surface area contributed by atoms with Gasteiger partial charge in [-0.3, -0.25) is 9.47 Å². The third kappa shape index (κ3) is 3.26. The third-order valence-corrected chi connectivity index (χ3v) is 6.98. The van der Waals surface area contributed by atoms with Crippen molar-refractivity contribution in [2.45, 2.75) is 51.0 Å². The second-order valence-corrected chi connectivity index (χ2v) is 9.23. The summed E-state index contributed by atoms with van der Waals surface area (Å²) in [6.45, 7) is 1.79. The lowest BCUT2D eigenvalue weighted by Crippen LogP contribution is -2.28. The Morgan fingerprint density at radius 2 is 1.92 bits per heavy atom. The first-order valence-electron chi connectivity index (χ1n) is 8.79. The Bertz CT molecular complexity index is 899. The first-order chi connectivity index (χ1) is 12.3. The second kappa shape index (κ2) is 6.46. The number of hydrogen-bond donors (Lipinski definition) is 0. The summed E-state index contributed by atoms with van der Waals surface area (Å²) in [5, 5.41) is 9.21. The predicted octanol–water partition coefficient (Wildman–Crippen LogP) is 5.16. The summed E-state index contributed by atoms with van der Waals surface area (Å²) in [5.41, 5.74) is 0. The molecule has 2 saturated carbocycles. The number of aromatic nitrogens is 3. The molecule has 0 bridgehead atoms. The van der Waals surface area contributed by atoms with Gasteiger partial charge in [-0.05, 0) is 60.8 Å². The minimum atomic E-state index is 0.546. The normalized spacial score (nSPS) is 17.5. The minimum absolute atomic E-state index is 0.546. The van der Waals surface area contributed by atoms with E-state index >= 15 is 0 Å². The topological polar surface area (TPSA) is 26.0 Å². The number of hydrogen-bond acceptors (Lipinski definition) is 5. The highest BCUT2D eigenvalue weighted by Gasteiger charge is 2.32.